The van der Waals surface area contributed by atoms with E-state index in [-0.39, 0.29) is 17.9 Å². The summed E-state index contributed by atoms with van der Waals surface area (Å²) in [6, 6.07) is 11.7. The van der Waals surface area contributed by atoms with E-state index in [1.165, 1.54) is 17.5 Å². The summed E-state index contributed by atoms with van der Waals surface area (Å²) in [5, 5.41) is 40.4. The molecule has 41 heavy (non-hydrogen) atoms. The van der Waals surface area contributed by atoms with Crippen molar-refractivity contribution in [2.45, 2.75) is 44.7 Å². The summed E-state index contributed by atoms with van der Waals surface area (Å²) in [6.07, 6.45) is 7.58. The Labute approximate surface area is 240 Å². The second-order valence-corrected chi connectivity index (χ2v) is 12.2. The first kappa shape index (κ1) is 25.4. The van der Waals surface area contributed by atoms with Gasteiger partial charge in [0.05, 0.1) is 40.3 Å². The summed E-state index contributed by atoms with van der Waals surface area (Å²) in [5.74, 6) is 1.31. The predicted octanol–water partition coefficient (Wildman–Crippen LogP) is 3.85. The molecule has 3 aliphatic rings. The monoisotopic (exact) mass is 564 g/mol. The fourth-order valence-electron chi connectivity index (χ4n) is 6.10. The molecule has 2 N–H and O–H groups in total. The third-order valence-electron chi connectivity index (χ3n) is 8.37. The molecule has 2 saturated carbocycles. The first-order valence-electron chi connectivity index (χ1n) is 13.9. The molecule has 0 aromatic carbocycles. The minimum absolute atomic E-state index is 0.230. The topological polar surface area (TPSA) is 148 Å². The van der Waals surface area contributed by atoms with Gasteiger partial charge in [0.25, 0.3) is 0 Å². The fourth-order valence-corrected chi connectivity index (χ4v) is 6.99. The van der Waals surface area contributed by atoms with E-state index >= 15 is 0 Å². The van der Waals surface area contributed by atoms with Crippen molar-refractivity contribution in [2.75, 3.05) is 23.3 Å². The van der Waals surface area contributed by atoms with E-state index in [1.807, 2.05) is 18.2 Å². The lowest BCUT2D eigenvalue weighted by Gasteiger charge is -2.38. The second kappa shape index (κ2) is 10.1. The minimum Gasteiger partial charge on any atom is -0.369 e. The normalized spacial score (nSPS) is 22.2. The summed E-state index contributed by atoms with van der Waals surface area (Å²) >= 11 is 1.52. The molecule has 1 aliphatic heterocycles. The van der Waals surface area contributed by atoms with Crippen LogP contribution in [0.2, 0.25) is 0 Å². The molecule has 0 spiro atoms. The Morgan fingerprint density at radius 1 is 1.10 bits per heavy atom. The number of hydrogen-bond acceptors (Lipinski definition) is 10. The Morgan fingerprint density at radius 3 is 2.63 bits per heavy atom. The molecular weight excluding hydrogens is 536 g/mol. The first-order valence-corrected chi connectivity index (χ1v) is 14.8. The molecule has 12 heteroatoms. The van der Waals surface area contributed by atoms with Gasteiger partial charge in [-0.3, -0.25) is 9.78 Å². The molecule has 0 radical (unpaired) electrons. The van der Waals surface area contributed by atoms with Gasteiger partial charge in [0.1, 0.15) is 12.1 Å². The van der Waals surface area contributed by atoms with Crippen LogP contribution >= 0.6 is 11.3 Å². The second-order valence-electron chi connectivity index (χ2n) is 11.2. The molecule has 4 atom stereocenters. The van der Waals surface area contributed by atoms with E-state index in [9.17, 15) is 15.3 Å². The van der Waals surface area contributed by atoms with Gasteiger partial charge in [-0.1, -0.05) is 11.3 Å². The molecule has 4 aromatic rings. The highest BCUT2D eigenvalue weighted by atomic mass is 32.1. The number of carbonyl (C=O) groups excluding carboxylic acids is 1. The van der Waals surface area contributed by atoms with Crippen molar-refractivity contribution in [1.29, 1.82) is 10.5 Å². The van der Waals surface area contributed by atoms with Crippen molar-refractivity contribution in [1.82, 2.24) is 30.1 Å². The van der Waals surface area contributed by atoms with Gasteiger partial charge in [-0.05, 0) is 68.7 Å². The fraction of sp³-hybridized carbons (Fsp3) is 0.414. The van der Waals surface area contributed by atoms with Crippen LogP contribution in [0.3, 0.4) is 0 Å². The highest BCUT2D eigenvalue weighted by Gasteiger charge is 2.45. The van der Waals surface area contributed by atoms with E-state index < -0.39 is 6.04 Å². The number of amides is 1. The number of nitrogens with zero attached hydrogens (tertiary/aromatic N) is 8. The van der Waals surface area contributed by atoms with E-state index in [0.717, 1.165) is 71.4 Å². The number of piperidine rings is 1. The largest absolute Gasteiger partial charge is 0.369 e. The summed E-state index contributed by atoms with van der Waals surface area (Å²) in [6.45, 7) is 3.52. The van der Waals surface area contributed by atoms with Crippen LogP contribution in [-0.2, 0) is 4.79 Å². The number of nitrogens with one attached hydrogen (secondary N) is 2. The number of aromatic nitrogens is 5. The van der Waals surface area contributed by atoms with E-state index in [1.54, 1.807) is 23.7 Å². The van der Waals surface area contributed by atoms with Crippen LogP contribution in [0.15, 0.2) is 36.7 Å². The van der Waals surface area contributed by atoms with E-state index in [2.05, 4.69) is 43.0 Å². The SMILES string of the molecule is C[C@H](C#N)Nc1cc(-c2ccc3cc(C#N)cnn23)ncc1-c1nnc(N2C[C@H]3CC[C@@H](C2)[C@@H]3NC(=O)C2CC2)s1. The van der Waals surface area contributed by atoms with Crippen molar-refractivity contribution in [3.8, 4) is 34.1 Å². The van der Waals surface area contributed by atoms with Gasteiger partial charge >= 0.3 is 0 Å². The van der Waals surface area contributed by atoms with Crippen LogP contribution < -0.4 is 15.5 Å². The first-order chi connectivity index (χ1) is 20.0. The Kier molecular flexibility index (Phi) is 6.28. The molecule has 2 bridgehead atoms. The van der Waals surface area contributed by atoms with Crippen molar-refractivity contribution < 1.29 is 4.79 Å². The molecule has 2 aliphatic carbocycles. The molecule has 0 unspecified atom stereocenters. The van der Waals surface area contributed by atoms with E-state index in [0.29, 0.717) is 23.1 Å². The summed E-state index contributed by atoms with van der Waals surface area (Å²) in [4.78, 5) is 19.5. The van der Waals surface area contributed by atoms with Crippen LogP contribution in [0, 0.1) is 40.4 Å². The maximum Gasteiger partial charge on any atom is 0.223 e. The third kappa shape index (κ3) is 4.74. The lowest BCUT2D eigenvalue weighted by Crippen LogP contribution is -2.53. The van der Waals surface area contributed by atoms with Crippen LogP contribution in [0.25, 0.3) is 27.5 Å². The highest BCUT2D eigenvalue weighted by molar-refractivity contribution is 7.18. The van der Waals surface area contributed by atoms with Crippen LogP contribution in [0.4, 0.5) is 10.8 Å². The summed E-state index contributed by atoms with van der Waals surface area (Å²) in [5.41, 5.74) is 4.24. The van der Waals surface area contributed by atoms with Gasteiger partial charge in [0.2, 0.25) is 11.0 Å². The summed E-state index contributed by atoms with van der Waals surface area (Å²) in [7, 11) is 0. The molecule has 7 rings (SSSR count). The van der Waals surface area contributed by atoms with Crippen molar-refractivity contribution in [3.05, 3.63) is 42.2 Å². The van der Waals surface area contributed by atoms with Gasteiger partial charge in [-0.25, -0.2) is 4.52 Å². The molecule has 11 nitrogen and oxygen atoms in total. The van der Waals surface area contributed by atoms with Crippen molar-refractivity contribution in [2.24, 2.45) is 17.8 Å². The number of rotatable bonds is 7. The lowest BCUT2D eigenvalue weighted by atomic mass is 9.92. The Bertz CT molecular complexity index is 1710. The average molecular weight is 565 g/mol. The van der Waals surface area contributed by atoms with Crippen molar-refractivity contribution in [3.63, 3.8) is 0 Å². The van der Waals surface area contributed by atoms with Crippen molar-refractivity contribution >= 4 is 33.6 Å². The molecule has 4 aromatic heterocycles. The molecule has 3 fully saturated rings. The van der Waals surface area contributed by atoms with Crippen LogP contribution in [0.1, 0.15) is 38.2 Å². The number of fused-ring (bicyclic) bond motifs is 3. The zero-order valence-electron chi connectivity index (χ0n) is 22.5. The average Bonchev–Trinajstić information content (AvgIpc) is 3.51. The standard InChI is InChI=1S/C29H28N10OS/c1-16(10-30)34-23-9-24(25-7-6-21-8-17(11-31)12-33-39(21)25)32-13-22(23)28-36-37-29(41-28)38-14-19-4-5-20(15-38)26(19)35-27(40)18-2-3-18/h6-9,12-13,16,18-20,26H,2-5,14-15H2,1H3,(H,32,34)(H,35,40)/t16-,19-,20+,26-/m1/s1. The van der Waals surface area contributed by atoms with Gasteiger partial charge in [0.15, 0.2) is 5.01 Å². The number of pyridine rings is 1. The molecular formula is C29H28N10OS. The number of carbonyl (C=O) groups is 1. The Hall–Kier alpha value is -4.55. The Morgan fingerprint density at radius 2 is 1.90 bits per heavy atom. The molecule has 5 heterocycles. The zero-order chi connectivity index (χ0) is 28.1. The number of hydrogen-bond donors (Lipinski definition) is 2. The highest BCUT2D eigenvalue weighted by Crippen LogP contribution is 2.42. The van der Waals surface area contributed by atoms with Crippen LogP contribution in [0.5, 0.6) is 0 Å². The van der Waals surface area contributed by atoms with Gasteiger partial charge in [0, 0.05) is 36.9 Å². The quantitative estimate of drug-likeness (QED) is 0.341. The van der Waals surface area contributed by atoms with Crippen LogP contribution in [-0.4, -0.2) is 55.9 Å². The molecule has 1 amide bonds. The van der Waals surface area contributed by atoms with Gasteiger partial charge in [-0.2, -0.15) is 15.6 Å². The third-order valence-corrected chi connectivity index (χ3v) is 9.38. The van der Waals surface area contributed by atoms with Gasteiger partial charge in [-0.15, -0.1) is 10.2 Å². The smallest absolute Gasteiger partial charge is 0.223 e. The zero-order valence-corrected chi connectivity index (χ0v) is 23.3. The van der Waals surface area contributed by atoms with E-state index in [4.69, 9.17) is 4.98 Å². The van der Waals surface area contributed by atoms with Gasteiger partial charge < -0.3 is 15.5 Å². The minimum atomic E-state index is -0.433. The number of nitriles is 2. The lowest BCUT2D eigenvalue weighted by molar-refractivity contribution is -0.123. The Balaban J connectivity index is 1.15. The predicted molar refractivity (Wildman–Crippen MR) is 154 cm³/mol. The maximum atomic E-state index is 12.4. The maximum absolute atomic E-state index is 12.4. The molecule has 1 saturated heterocycles. The molecule has 206 valence electrons. The number of anilines is 2. The summed E-state index contributed by atoms with van der Waals surface area (Å²) < 4.78 is 1.74.